The number of carbonyl (C=O) groups excluding carboxylic acids is 1. The highest BCUT2D eigenvalue weighted by Gasteiger charge is 2.29. The molecule has 1 heterocycles. The molecule has 1 N–H and O–H groups in total. The zero-order chi connectivity index (χ0) is 21.6. The number of rotatable bonds is 7. The minimum Gasteiger partial charge on any atom is -0.496 e. The average molecular weight is 430 g/mol. The van der Waals surface area contributed by atoms with Gasteiger partial charge in [0.2, 0.25) is 10.0 Å². The third-order valence-electron chi connectivity index (χ3n) is 5.09. The van der Waals surface area contributed by atoms with E-state index in [9.17, 15) is 13.2 Å². The Morgan fingerprint density at radius 2 is 1.80 bits per heavy atom. The van der Waals surface area contributed by atoms with Crippen molar-refractivity contribution in [2.75, 3.05) is 46.9 Å². The van der Waals surface area contributed by atoms with Gasteiger partial charge in [-0.15, -0.1) is 0 Å². The Bertz CT molecular complexity index is 998. The van der Waals surface area contributed by atoms with E-state index >= 15 is 0 Å². The molecule has 1 aliphatic rings. The lowest BCUT2D eigenvalue weighted by atomic mass is 10.2. The van der Waals surface area contributed by atoms with Crippen LogP contribution in [0.3, 0.4) is 0 Å². The van der Waals surface area contributed by atoms with Crippen LogP contribution in [0.2, 0.25) is 0 Å². The van der Waals surface area contributed by atoms with Crippen molar-refractivity contribution in [1.29, 1.82) is 0 Å². The second-order valence-corrected chi connectivity index (χ2v) is 8.90. The van der Waals surface area contributed by atoms with E-state index in [0.29, 0.717) is 31.9 Å². The largest absolute Gasteiger partial charge is 0.496 e. The molecule has 0 aliphatic carbocycles. The van der Waals surface area contributed by atoms with Gasteiger partial charge in [0.05, 0.1) is 17.6 Å². The molecule has 0 bridgehead atoms. The first kappa shape index (κ1) is 22.0. The number of carbonyl (C=O) groups is 1. The molecule has 2 aromatic carbocycles. The summed E-state index contributed by atoms with van der Waals surface area (Å²) in [6, 6.07) is 14.4. The SMILES string of the molecule is CNC(=O)c1cc(S(=O)(=O)N2CCN(C/C=C/c3ccccc3)CC2)ccc1OC. The molecule has 30 heavy (non-hydrogen) atoms. The van der Waals surface area contributed by atoms with Gasteiger partial charge in [0, 0.05) is 39.8 Å². The van der Waals surface area contributed by atoms with E-state index in [-0.39, 0.29) is 16.4 Å². The minimum atomic E-state index is -3.69. The van der Waals surface area contributed by atoms with Crippen LogP contribution in [-0.2, 0) is 10.0 Å². The molecule has 8 heteroatoms. The van der Waals surface area contributed by atoms with Crippen molar-refractivity contribution < 1.29 is 17.9 Å². The zero-order valence-corrected chi connectivity index (χ0v) is 18.1. The molecule has 1 saturated heterocycles. The molecule has 2 aromatic rings. The van der Waals surface area contributed by atoms with Gasteiger partial charge in [-0.25, -0.2) is 8.42 Å². The Morgan fingerprint density at radius 1 is 1.10 bits per heavy atom. The molecule has 160 valence electrons. The molecule has 3 rings (SSSR count). The zero-order valence-electron chi connectivity index (χ0n) is 17.2. The van der Waals surface area contributed by atoms with Crippen molar-refractivity contribution in [3.63, 3.8) is 0 Å². The summed E-state index contributed by atoms with van der Waals surface area (Å²) in [5, 5.41) is 2.51. The summed E-state index contributed by atoms with van der Waals surface area (Å²) in [6.45, 7) is 2.88. The molecular weight excluding hydrogens is 402 g/mol. The van der Waals surface area contributed by atoms with Gasteiger partial charge in [-0.1, -0.05) is 42.5 Å². The first-order chi connectivity index (χ1) is 14.5. The number of sulfonamides is 1. The quantitative estimate of drug-likeness (QED) is 0.729. The van der Waals surface area contributed by atoms with Crippen LogP contribution in [0.4, 0.5) is 0 Å². The smallest absolute Gasteiger partial charge is 0.254 e. The summed E-state index contributed by atoms with van der Waals surface area (Å²) < 4.78 is 32.8. The summed E-state index contributed by atoms with van der Waals surface area (Å²) in [5.74, 6) is -0.0535. The molecule has 0 spiro atoms. The van der Waals surface area contributed by atoms with E-state index < -0.39 is 10.0 Å². The number of methoxy groups -OCH3 is 1. The van der Waals surface area contributed by atoms with Crippen LogP contribution in [-0.4, -0.2) is 70.4 Å². The highest BCUT2D eigenvalue weighted by atomic mass is 32.2. The fraction of sp³-hybridized carbons (Fsp3) is 0.318. The maximum Gasteiger partial charge on any atom is 0.254 e. The van der Waals surface area contributed by atoms with Gasteiger partial charge in [0.25, 0.3) is 5.91 Å². The Labute approximate surface area is 178 Å². The Morgan fingerprint density at radius 3 is 2.43 bits per heavy atom. The maximum absolute atomic E-state index is 13.1. The van der Waals surface area contributed by atoms with Gasteiger partial charge >= 0.3 is 0 Å². The highest BCUT2D eigenvalue weighted by Crippen LogP contribution is 2.25. The number of nitrogens with zero attached hydrogens (tertiary/aromatic N) is 2. The summed E-state index contributed by atoms with van der Waals surface area (Å²) >= 11 is 0. The van der Waals surface area contributed by atoms with E-state index in [4.69, 9.17) is 4.74 Å². The van der Waals surface area contributed by atoms with Crippen LogP contribution in [0.1, 0.15) is 15.9 Å². The van der Waals surface area contributed by atoms with Crippen LogP contribution < -0.4 is 10.1 Å². The van der Waals surface area contributed by atoms with Gasteiger partial charge in [-0.3, -0.25) is 9.69 Å². The van der Waals surface area contributed by atoms with Crippen molar-refractivity contribution >= 4 is 22.0 Å². The fourth-order valence-electron chi connectivity index (χ4n) is 3.36. The highest BCUT2D eigenvalue weighted by molar-refractivity contribution is 7.89. The predicted molar refractivity (Wildman–Crippen MR) is 117 cm³/mol. The minimum absolute atomic E-state index is 0.0966. The predicted octanol–water partition coefficient (Wildman–Crippen LogP) is 2.07. The molecule has 1 aliphatic heterocycles. The number of benzene rings is 2. The molecule has 0 aromatic heterocycles. The number of nitrogens with one attached hydrogen (secondary N) is 1. The number of hydrogen-bond donors (Lipinski definition) is 1. The number of ether oxygens (including phenoxy) is 1. The summed E-state index contributed by atoms with van der Waals surface area (Å²) in [5.41, 5.74) is 1.34. The summed E-state index contributed by atoms with van der Waals surface area (Å²) in [4.78, 5) is 14.4. The lowest BCUT2D eigenvalue weighted by molar-refractivity contribution is 0.0960. The normalized spacial score (nSPS) is 15.9. The Kier molecular flexibility index (Phi) is 7.25. The molecule has 1 amide bonds. The van der Waals surface area contributed by atoms with Crippen molar-refractivity contribution in [3.05, 3.63) is 65.7 Å². The van der Waals surface area contributed by atoms with Gasteiger partial charge < -0.3 is 10.1 Å². The van der Waals surface area contributed by atoms with Gasteiger partial charge in [-0.2, -0.15) is 4.31 Å². The standard InChI is InChI=1S/C22H27N3O4S/c1-23-22(26)20-17-19(10-11-21(20)29-2)30(27,28)25-15-13-24(14-16-25)12-6-9-18-7-4-3-5-8-18/h3-11,17H,12-16H2,1-2H3,(H,23,26)/b9-6+. The summed E-state index contributed by atoms with van der Waals surface area (Å²) in [7, 11) is -0.745. The second-order valence-electron chi connectivity index (χ2n) is 6.96. The van der Waals surface area contributed by atoms with Crippen molar-refractivity contribution in [2.24, 2.45) is 0 Å². The number of amides is 1. The van der Waals surface area contributed by atoms with Crippen molar-refractivity contribution in [1.82, 2.24) is 14.5 Å². The summed E-state index contributed by atoms with van der Waals surface area (Å²) in [6.07, 6.45) is 4.17. The number of hydrogen-bond acceptors (Lipinski definition) is 5. The molecule has 0 atom stereocenters. The molecule has 0 radical (unpaired) electrons. The molecule has 0 unspecified atom stereocenters. The van der Waals surface area contributed by atoms with Crippen molar-refractivity contribution in [3.8, 4) is 5.75 Å². The third kappa shape index (κ3) is 5.08. The van der Waals surface area contributed by atoms with Crippen molar-refractivity contribution in [2.45, 2.75) is 4.90 Å². The second kappa shape index (κ2) is 9.88. The van der Waals surface area contributed by atoms with Crippen LogP contribution in [0.5, 0.6) is 5.75 Å². The molecule has 0 saturated carbocycles. The van der Waals surface area contributed by atoms with Crippen LogP contribution >= 0.6 is 0 Å². The van der Waals surface area contributed by atoms with Crippen LogP contribution in [0, 0.1) is 0 Å². The fourth-order valence-corrected chi connectivity index (χ4v) is 4.81. The van der Waals surface area contributed by atoms with E-state index in [1.807, 2.05) is 30.3 Å². The van der Waals surface area contributed by atoms with E-state index in [1.54, 1.807) is 0 Å². The monoisotopic (exact) mass is 429 g/mol. The van der Waals surface area contributed by atoms with Gasteiger partial charge in [0.1, 0.15) is 5.75 Å². The topological polar surface area (TPSA) is 79.0 Å². The average Bonchev–Trinajstić information content (AvgIpc) is 2.79. The van der Waals surface area contributed by atoms with E-state index in [2.05, 4.69) is 22.4 Å². The Hall–Kier alpha value is -2.68. The Balaban J connectivity index is 1.64. The first-order valence-corrected chi connectivity index (χ1v) is 11.2. The van der Waals surface area contributed by atoms with Gasteiger partial charge in [0.15, 0.2) is 0 Å². The molecular formula is C22H27N3O4S. The molecule has 1 fully saturated rings. The molecule has 7 nitrogen and oxygen atoms in total. The third-order valence-corrected chi connectivity index (χ3v) is 6.98. The lowest BCUT2D eigenvalue weighted by Gasteiger charge is -2.33. The number of piperazine rings is 1. The first-order valence-electron chi connectivity index (χ1n) is 9.80. The van der Waals surface area contributed by atoms with Gasteiger partial charge in [-0.05, 0) is 23.8 Å². The lowest BCUT2D eigenvalue weighted by Crippen LogP contribution is -2.48. The van der Waals surface area contributed by atoms with E-state index in [1.165, 1.54) is 36.7 Å². The van der Waals surface area contributed by atoms with Crippen LogP contribution in [0.25, 0.3) is 6.08 Å². The maximum atomic E-state index is 13.1. The van der Waals surface area contributed by atoms with E-state index in [0.717, 1.165) is 12.1 Å². The van der Waals surface area contributed by atoms with Crippen LogP contribution in [0.15, 0.2) is 59.5 Å².